The molecule has 0 atom stereocenters. The smallest absolute Gasteiger partial charge is 0.252 e. The summed E-state index contributed by atoms with van der Waals surface area (Å²) >= 11 is 1.26. The zero-order valence-corrected chi connectivity index (χ0v) is 19.1. The molecular weight excluding hydrogens is 430 g/mol. The third kappa shape index (κ3) is 3.98. The quantitative estimate of drug-likeness (QED) is 0.603. The van der Waals surface area contributed by atoms with Gasteiger partial charge < -0.3 is 9.80 Å². The molecule has 1 fully saturated rings. The summed E-state index contributed by atoms with van der Waals surface area (Å²) in [6.07, 6.45) is 0.586. The van der Waals surface area contributed by atoms with Crippen molar-refractivity contribution in [1.29, 1.82) is 0 Å². The van der Waals surface area contributed by atoms with Crippen molar-refractivity contribution in [2.24, 2.45) is 0 Å². The molecule has 2 aromatic heterocycles. The van der Waals surface area contributed by atoms with Gasteiger partial charge in [-0.25, -0.2) is 18.4 Å². The monoisotopic (exact) mass is 455 g/mol. The number of fused-ring (bicyclic) bond motifs is 1. The van der Waals surface area contributed by atoms with Gasteiger partial charge in [-0.2, -0.15) is 4.31 Å². The molecule has 7 nitrogen and oxygen atoms in total. The van der Waals surface area contributed by atoms with Crippen LogP contribution in [0.4, 0.5) is 5.82 Å². The molecule has 3 aromatic rings. The molecule has 0 bridgehead atoms. The lowest BCUT2D eigenvalue weighted by atomic mass is 10.1. The first-order valence-electron chi connectivity index (χ1n) is 10.4. The van der Waals surface area contributed by atoms with E-state index < -0.39 is 10.0 Å². The minimum atomic E-state index is -3.51. The van der Waals surface area contributed by atoms with Crippen LogP contribution in [-0.2, 0) is 23.0 Å². The Bertz CT molecular complexity index is 1160. The van der Waals surface area contributed by atoms with E-state index in [4.69, 9.17) is 9.97 Å². The largest absolute Gasteiger partial charge is 0.354 e. The number of aromatic nitrogens is 2. The molecular formula is C22H25N5O2S2. The van der Waals surface area contributed by atoms with E-state index in [0.717, 1.165) is 48.8 Å². The molecule has 0 unspecified atom stereocenters. The fourth-order valence-electron chi connectivity index (χ4n) is 4.11. The highest BCUT2D eigenvalue weighted by Crippen LogP contribution is 2.33. The van der Waals surface area contributed by atoms with Crippen molar-refractivity contribution in [3.8, 4) is 11.4 Å². The maximum atomic E-state index is 13.2. The van der Waals surface area contributed by atoms with Crippen LogP contribution in [0.2, 0.25) is 0 Å². The molecule has 1 saturated heterocycles. The summed E-state index contributed by atoms with van der Waals surface area (Å²) in [5, 5.41) is 1.80. The summed E-state index contributed by atoms with van der Waals surface area (Å²) in [5.74, 6) is 1.59. The van der Waals surface area contributed by atoms with Crippen LogP contribution in [-0.4, -0.2) is 67.4 Å². The summed E-state index contributed by atoms with van der Waals surface area (Å²) in [7, 11) is -1.39. The number of sulfonamides is 1. The third-order valence-corrected chi connectivity index (χ3v) is 9.15. The van der Waals surface area contributed by atoms with Gasteiger partial charge in [0.2, 0.25) is 0 Å². The van der Waals surface area contributed by atoms with E-state index >= 15 is 0 Å². The number of anilines is 1. The predicted molar refractivity (Wildman–Crippen MR) is 123 cm³/mol. The van der Waals surface area contributed by atoms with Gasteiger partial charge in [0, 0.05) is 56.8 Å². The Morgan fingerprint density at radius 2 is 1.71 bits per heavy atom. The number of hydrogen-bond acceptors (Lipinski definition) is 7. The SMILES string of the molecule is CN1CCN(c2nc(-c3ccccc3)nc3c2CN(S(=O)(=O)c2cccs2)CC3)CC1. The van der Waals surface area contributed by atoms with Gasteiger partial charge in [-0.05, 0) is 18.5 Å². The molecule has 31 heavy (non-hydrogen) atoms. The number of benzene rings is 1. The fourth-order valence-corrected chi connectivity index (χ4v) is 6.66. The fraction of sp³-hybridized carbons (Fsp3) is 0.364. The highest BCUT2D eigenvalue weighted by atomic mass is 32.2. The van der Waals surface area contributed by atoms with Crippen LogP contribution < -0.4 is 4.90 Å². The Labute approximate surface area is 187 Å². The van der Waals surface area contributed by atoms with Crippen LogP contribution in [0.25, 0.3) is 11.4 Å². The Hall–Kier alpha value is -2.33. The first-order valence-corrected chi connectivity index (χ1v) is 12.8. The van der Waals surface area contributed by atoms with Crippen molar-refractivity contribution in [1.82, 2.24) is 19.2 Å². The molecule has 2 aliphatic rings. The minimum absolute atomic E-state index is 0.312. The van der Waals surface area contributed by atoms with Gasteiger partial charge in [0.15, 0.2) is 5.82 Å². The Balaban J connectivity index is 1.56. The topological polar surface area (TPSA) is 69.6 Å². The molecule has 0 N–H and O–H groups in total. The van der Waals surface area contributed by atoms with E-state index in [1.54, 1.807) is 21.8 Å². The molecule has 1 aromatic carbocycles. The predicted octanol–water partition coefficient (Wildman–Crippen LogP) is 2.70. The number of nitrogens with zero attached hydrogens (tertiary/aromatic N) is 5. The van der Waals surface area contributed by atoms with E-state index in [-0.39, 0.29) is 0 Å². The van der Waals surface area contributed by atoms with Gasteiger partial charge in [-0.15, -0.1) is 11.3 Å². The van der Waals surface area contributed by atoms with Crippen LogP contribution in [0.3, 0.4) is 0 Å². The minimum Gasteiger partial charge on any atom is -0.354 e. The molecule has 0 amide bonds. The number of thiophene rings is 1. The Kier molecular flexibility index (Phi) is 5.51. The Morgan fingerprint density at radius 1 is 0.935 bits per heavy atom. The summed E-state index contributed by atoms with van der Waals surface area (Å²) in [4.78, 5) is 14.4. The lowest BCUT2D eigenvalue weighted by Crippen LogP contribution is -2.46. The van der Waals surface area contributed by atoms with E-state index in [0.29, 0.717) is 29.5 Å². The maximum Gasteiger partial charge on any atom is 0.252 e. The maximum absolute atomic E-state index is 13.2. The molecule has 9 heteroatoms. The molecule has 2 aliphatic heterocycles. The van der Waals surface area contributed by atoms with E-state index in [1.165, 1.54) is 11.3 Å². The van der Waals surface area contributed by atoms with Gasteiger partial charge in [0.25, 0.3) is 10.0 Å². The van der Waals surface area contributed by atoms with E-state index in [9.17, 15) is 8.42 Å². The molecule has 0 spiro atoms. The molecule has 5 rings (SSSR count). The average Bonchev–Trinajstić information content (AvgIpc) is 3.35. The number of piperazine rings is 1. The first kappa shape index (κ1) is 20.6. The standard InChI is InChI=1S/C22H25N5O2S2/c1-25-11-13-26(14-12-25)22-18-16-27(31(28,29)20-8-5-15-30-20)10-9-19(18)23-21(24-22)17-6-3-2-4-7-17/h2-8,15H,9-14,16H2,1H3. The van der Waals surface area contributed by atoms with Crippen molar-refractivity contribution < 1.29 is 8.42 Å². The number of likely N-dealkylation sites (N-methyl/N-ethyl adjacent to an activating group) is 1. The van der Waals surface area contributed by atoms with E-state index in [2.05, 4.69) is 16.8 Å². The summed E-state index contributed by atoms with van der Waals surface area (Å²) < 4.78 is 28.3. The number of hydrogen-bond donors (Lipinski definition) is 0. The first-order chi connectivity index (χ1) is 15.0. The normalized spacial score (nSPS) is 18.2. The molecule has 0 saturated carbocycles. The second-order valence-electron chi connectivity index (χ2n) is 7.97. The van der Waals surface area contributed by atoms with Gasteiger partial charge in [-0.3, -0.25) is 0 Å². The van der Waals surface area contributed by atoms with Crippen LogP contribution in [0.5, 0.6) is 0 Å². The second kappa shape index (κ2) is 8.31. The lowest BCUT2D eigenvalue weighted by Gasteiger charge is -2.36. The summed E-state index contributed by atoms with van der Waals surface area (Å²) in [6, 6.07) is 13.5. The molecule has 0 radical (unpaired) electrons. The number of rotatable bonds is 4. The third-order valence-electron chi connectivity index (χ3n) is 5.93. The van der Waals surface area contributed by atoms with Crippen LogP contribution in [0.15, 0.2) is 52.1 Å². The van der Waals surface area contributed by atoms with Gasteiger partial charge in [-0.1, -0.05) is 36.4 Å². The van der Waals surface area contributed by atoms with Crippen molar-refractivity contribution in [3.63, 3.8) is 0 Å². The van der Waals surface area contributed by atoms with Gasteiger partial charge in [0.05, 0.1) is 5.69 Å². The van der Waals surface area contributed by atoms with Crippen molar-refractivity contribution in [3.05, 3.63) is 59.1 Å². The lowest BCUT2D eigenvalue weighted by molar-refractivity contribution is 0.310. The van der Waals surface area contributed by atoms with Gasteiger partial charge in [0.1, 0.15) is 10.0 Å². The average molecular weight is 456 g/mol. The summed E-state index contributed by atoms with van der Waals surface area (Å²) in [6.45, 7) is 4.39. The molecule has 162 valence electrons. The highest BCUT2D eigenvalue weighted by Gasteiger charge is 2.33. The van der Waals surface area contributed by atoms with Crippen molar-refractivity contribution >= 4 is 27.2 Å². The van der Waals surface area contributed by atoms with E-state index in [1.807, 2.05) is 30.3 Å². The van der Waals surface area contributed by atoms with Crippen molar-refractivity contribution in [2.75, 3.05) is 44.7 Å². The molecule has 0 aliphatic carbocycles. The second-order valence-corrected chi connectivity index (χ2v) is 11.1. The Morgan fingerprint density at radius 3 is 2.42 bits per heavy atom. The zero-order chi connectivity index (χ0) is 21.4. The van der Waals surface area contributed by atoms with Gasteiger partial charge >= 0.3 is 0 Å². The van der Waals surface area contributed by atoms with Crippen molar-refractivity contribution in [2.45, 2.75) is 17.2 Å². The molecule has 4 heterocycles. The van der Waals surface area contributed by atoms with Crippen LogP contribution in [0.1, 0.15) is 11.3 Å². The van der Waals surface area contributed by atoms with Crippen LogP contribution in [0, 0.1) is 0 Å². The van der Waals surface area contributed by atoms with Crippen LogP contribution >= 0.6 is 11.3 Å². The highest BCUT2D eigenvalue weighted by molar-refractivity contribution is 7.91. The zero-order valence-electron chi connectivity index (χ0n) is 17.4. The summed E-state index contributed by atoms with van der Waals surface area (Å²) in [5.41, 5.74) is 2.88.